The average molecular weight is 249 g/mol. The summed E-state index contributed by atoms with van der Waals surface area (Å²) in [5.74, 6) is 1.68. The molecule has 0 radical (unpaired) electrons. The van der Waals surface area contributed by atoms with Gasteiger partial charge in [0.25, 0.3) is 0 Å². The minimum Gasteiger partial charge on any atom is -0.494 e. The molecule has 0 saturated heterocycles. The Hall–Kier alpha value is -1.02. The third-order valence-corrected chi connectivity index (χ3v) is 3.19. The van der Waals surface area contributed by atoms with Crippen LogP contribution in [0.25, 0.3) is 0 Å². The van der Waals surface area contributed by atoms with Crippen molar-refractivity contribution in [3.05, 3.63) is 30.3 Å². The van der Waals surface area contributed by atoms with Crippen LogP contribution < -0.4 is 10.1 Å². The van der Waals surface area contributed by atoms with Gasteiger partial charge in [-0.1, -0.05) is 39.0 Å². The summed E-state index contributed by atoms with van der Waals surface area (Å²) in [6.45, 7) is 8.62. The van der Waals surface area contributed by atoms with E-state index in [1.807, 2.05) is 30.3 Å². The highest BCUT2D eigenvalue weighted by Gasteiger charge is 2.10. The molecule has 0 heterocycles. The Balaban J connectivity index is 2.10. The molecule has 0 saturated carbocycles. The summed E-state index contributed by atoms with van der Waals surface area (Å²) >= 11 is 0. The molecule has 1 N–H and O–H groups in total. The fourth-order valence-electron chi connectivity index (χ4n) is 2.11. The third kappa shape index (κ3) is 6.06. The van der Waals surface area contributed by atoms with Crippen LogP contribution in [0.4, 0.5) is 0 Å². The summed E-state index contributed by atoms with van der Waals surface area (Å²) in [7, 11) is 0. The first kappa shape index (κ1) is 15.0. The van der Waals surface area contributed by atoms with E-state index in [1.54, 1.807) is 0 Å². The molecule has 1 atom stereocenters. The molecule has 0 aliphatic heterocycles. The van der Waals surface area contributed by atoms with Gasteiger partial charge in [0, 0.05) is 6.04 Å². The van der Waals surface area contributed by atoms with Crippen molar-refractivity contribution in [2.24, 2.45) is 5.92 Å². The van der Waals surface area contributed by atoms with Crippen molar-refractivity contribution >= 4 is 0 Å². The van der Waals surface area contributed by atoms with Gasteiger partial charge in [0.05, 0.1) is 6.61 Å². The molecule has 2 nitrogen and oxygen atoms in total. The number of para-hydroxylation sites is 1. The molecule has 1 aromatic rings. The number of benzene rings is 1. The molecule has 0 amide bonds. The summed E-state index contributed by atoms with van der Waals surface area (Å²) < 4.78 is 5.69. The van der Waals surface area contributed by atoms with Crippen molar-refractivity contribution in [3.63, 3.8) is 0 Å². The molecule has 102 valence electrons. The Bertz CT molecular complexity index is 297. The van der Waals surface area contributed by atoms with Crippen molar-refractivity contribution in [1.82, 2.24) is 5.32 Å². The van der Waals surface area contributed by atoms with Gasteiger partial charge in [-0.3, -0.25) is 0 Å². The summed E-state index contributed by atoms with van der Waals surface area (Å²) in [5.41, 5.74) is 0. The van der Waals surface area contributed by atoms with E-state index in [0.717, 1.165) is 25.3 Å². The van der Waals surface area contributed by atoms with E-state index >= 15 is 0 Å². The number of ether oxygens (including phenoxy) is 1. The Morgan fingerprint density at radius 2 is 1.83 bits per heavy atom. The topological polar surface area (TPSA) is 21.3 Å². The van der Waals surface area contributed by atoms with Gasteiger partial charge in [0.15, 0.2) is 0 Å². The van der Waals surface area contributed by atoms with Crippen molar-refractivity contribution in [2.45, 2.75) is 46.1 Å². The van der Waals surface area contributed by atoms with Gasteiger partial charge >= 0.3 is 0 Å². The monoisotopic (exact) mass is 249 g/mol. The Kier molecular flexibility index (Phi) is 7.51. The zero-order valence-electron chi connectivity index (χ0n) is 12.0. The second kappa shape index (κ2) is 8.98. The molecule has 0 bridgehead atoms. The maximum Gasteiger partial charge on any atom is 0.119 e. The molecule has 0 aliphatic carbocycles. The van der Waals surface area contributed by atoms with E-state index < -0.39 is 0 Å². The average Bonchev–Trinajstić information content (AvgIpc) is 2.38. The van der Waals surface area contributed by atoms with Crippen LogP contribution in [-0.4, -0.2) is 19.2 Å². The Morgan fingerprint density at radius 3 is 2.44 bits per heavy atom. The van der Waals surface area contributed by atoms with Crippen LogP contribution in [0.3, 0.4) is 0 Å². The highest BCUT2D eigenvalue weighted by atomic mass is 16.5. The number of hydrogen-bond acceptors (Lipinski definition) is 2. The molecule has 2 heteroatoms. The number of rotatable bonds is 9. The smallest absolute Gasteiger partial charge is 0.119 e. The van der Waals surface area contributed by atoms with Gasteiger partial charge in [-0.2, -0.15) is 0 Å². The van der Waals surface area contributed by atoms with Crippen LogP contribution in [0, 0.1) is 5.92 Å². The zero-order valence-corrected chi connectivity index (χ0v) is 12.0. The maximum atomic E-state index is 5.69. The lowest BCUT2D eigenvalue weighted by atomic mass is 9.98. The van der Waals surface area contributed by atoms with Crippen LogP contribution in [0.1, 0.15) is 40.0 Å². The van der Waals surface area contributed by atoms with Crippen LogP contribution in [-0.2, 0) is 0 Å². The lowest BCUT2D eigenvalue weighted by molar-refractivity contribution is 0.293. The van der Waals surface area contributed by atoms with Crippen molar-refractivity contribution < 1.29 is 4.74 Å². The summed E-state index contributed by atoms with van der Waals surface area (Å²) in [5, 5.41) is 3.55. The van der Waals surface area contributed by atoms with Crippen LogP contribution in [0.15, 0.2) is 30.3 Å². The largest absolute Gasteiger partial charge is 0.494 e. The third-order valence-electron chi connectivity index (χ3n) is 3.19. The van der Waals surface area contributed by atoms with E-state index in [1.165, 1.54) is 12.8 Å². The minimum absolute atomic E-state index is 0.645. The normalized spacial score (nSPS) is 12.7. The van der Waals surface area contributed by atoms with E-state index in [4.69, 9.17) is 4.74 Å². The van der Waals surface area contributed by atoms with Crippen molar-refractivity contribution in [3.8, 4) is 5.75 Å². The molecule has 18 heavy (non-hydrogen) atoms. The van der Waals surface area contributed by atoms with Crippen molar-refractivity contribution in [1.29, 1.82) is 0 Å². The van der Waals surface area contributed by atoms with Gasteiger partial charge in [-0.25, -0.2) is 0 Å². The molecular formula is C16H27NO. The fourth-order valence-corrected chi connectivity index (χ4v) is 2.11. The molecular weight excluding hydrogens is 222 g/mol. The van der Waals surface area contributed by atoms with Gasteiger partial charge in [-0.05, 0) is 43.9 Å². The van der Waals surface area contributed by atoms with Gasteiger partial charge in [-0.15, -0.1) is 0 Å². The quantitative estimate of drug-likeness (QED) is 0.671. The molecule has 0 aliphatic rings. The minimum atomic E-state index is 0.645. The molecule has 1 rings (SSSR count). The molecule has 1 aromatic carbocycles. The number of nitrogens with one attached hydrogen (secondary N) is 1. The first-order chi connectivity index (χ1) is 8.74. The SMILES string of the molecule is CCNC(CCCCOc1ccccc1)C(C)C. The van der Waals surface area contributed by atoms with Gasteiger partial charge in [0.1, 0.15) is 5.75 Å². The number of unbranched alkanes of at least 4 members (excludes halogenated alkanes) is 1. The fraction of sp³-hybridized carbons (Fsp3) is 0.625. The maximum absolute atomic E-state index is 5.69. The first-order valence-corrected chi connectivity index (χ1v) is 7.15. The van der Waals surface area contributed by atoms with Crippen LogP contribution >= 0.6 is 0 Å². The molecule has 0 spiro atoms. The summed E-state index contributed by atoms with van der Waals surface area (Å²) in [4.78, 5) is 0. The Morgan fingerprint density at radius 1 is 1.11 bits per heavy atom. The van der Waals surface area contributed by atoms with Crippen molar-refractivity contribution in [2.75, 3.05) is 13.2 Å². The predicted molar refractivity (Wildman–Crippen MR) is 78.1 cm³/mol. The predicted octanol–water partition coefficient (Wildman–Crippen LogP) is 3.87. The summed E-state index contributed by atoms with van der Waals surface area (Å²) in [6.07, 6.45) is 3.59. The standard InChI is InChI=1S/C16H27NO/c1-4-17-16(14(2)3)12-8-9-13-18-15-10-6-5-7-11-15/h5-7,10-11,14,16-17H,4,8-9,12-13H2,1-3H3. The lowest BCUT2D eigenvalue weighted by Crippen LogP contribution is -2.33. The number of hydrogen-bond donors (Lipinski definition) is 1. The van der Waals surface area contributed by atoms with E-state index in [-0.39, 0.29) is 0 Å². The summed E-state index contributed by atoms with van der Waals surface area (Å²) in [6, 6.07) is 10.7. The van der Waals surface area contributed by atoms with E-state index in [2.05, 4.69) is 26.1 Å². The second-order valence-corrected chi connectivity index (χ2v) is 5.07. The van der Waals surface area contributed by atoms with Gasteiger partial charge in [0.2, 0.25) is 0 Å². The first-order valence-electron chi connectivity index (χ1n) is 7.15. The highest BCUT2D eigenvalue weighted by molar-refractivity contribution is 5.20. The lowest BCUT2D eigenvalue weighted by Gasteiger charge is -2.21. The van der Waals surface area contributed by atoms with E-state index in [9.17, 15) is 0 Å². The zero-order chi connectivity index (χ0) is 13.2. The molecule has 0 fully saturated rings. The second-order valence-electron chi connectivity index (χ2n) is 5.07. The molecule has 1 unspecified atom stereocenters. The van der Waals surface area contributed by atoms with Crippen LogP contribution in [0.5, 0.6) is 5.75 Å². The van der Waals surface area contributed by atoms with Gasteiger partial charge < -0.3 is 10.1 Å². The van der Waals surface area contributed by atoms with Crippen LogP contribution in [0.2, 0.25) is 0 Å². The Labute approximate surface area is 112 Å². The highest BCUT2D eigenvalue weighted by Crippen LogP contribution is 2.12. The van der Waals surface area contributed by atoms with E-state index in [0.29, 0.717) is 12.0 Å². The molecule has 0 aromatic heterocycles.